The van der Waals surface area contributed by atoms with Crippen molar-refractivity contribution in [3.05, 3.63) is 147 Å². The van der Waals surface area contributed by atoms with Crippen molar-refractivity contribution < 1.29 is 28.7 Å². The molecule has 3 saturated carbocycles. The summed E-state index contributed by atoms with van der Waals surface area (Å²) in [6.07, 6.45) is 23.4. The number of allylic oxidation sites excluding steroid dienone is 12. The second-order valence-corrected chi connectivity index (χ2v) is 20.7. The maximum absolute atomic E-state index is 13.8. The van der Waals surface area contributed by atoms with Crippen LogP contribution in [0.5, 0.6) is 0 Å². The molecule has 9 aliphatic rings. The summed E-state index contributed by atoms with van der Waals surface area (Å²) in [6, 6.07) is 14.9. The van der Waals surface area contributed by atoms with Gasteiger partial charge in [-0.1, -0.05) is 25.0 Å². The minimum absolute atomic E-state index is 0.0141. The topological polar surface area (TPSA) is 182 Å². The van der Waals surface area contributed by atoms with Crippen molar-refractivity contribution in [1.82, 2.24) is 0 Å². The van der Waals surface area contributed by atoms with Crippen LogP contribution in [0.4, 0.5) is 0 Å². The SMILES string of the molecule is N#CC1=C(C#N)CC2C(=O)/C(=C\c3cc4c(s3)C3=CC5C=C6OC7(CCCCC7)c7cc(C=C8C(=O)c9cc(C#N)c(C#N)cc9C8=O)sc7C6=CC5C=C3OC43CCCCC3)C(=O)C2=C1. The number of carbonyl (C=O) groups is 4. The fourth-order valence-electron chi connectivity index (χ4n) is 11.7. The summed E-state index contributed by atoms with van der Waals surface area (Å²) in [7, 11) is 0. The van der Waals surface area contributed by atoms with Crippen LogP contribution in [0.2, 0.25) is 0 Å². The second kappa shape index (κ2) is 14.6. The molecular weight excluding hydrogens is 865 g/mol. The molecule has 2 spiro atoms. The van der Waals surface area contributed by atoms with Crippen molar-refractivity contribution in [2.75, 3.05) is 0 Å². The highest BCUT2D eigenvalue weighted by Gasteiger charge is 2.50. The first-order chi connectivity index (χ1) is 32.1. The molecule has 320 valence electrons. The van der Waals surface area contributed by atoms with E-state index < -0.39 is 34.5 Å². The van der Waals surface area contributed by atoms with E-state index in [1.807, 2.05) is 24.3 Å². The van der Waals surface area contributed by atoms with Gasteiger partial charge in [0, 0.05) is 75.9 Å². The average molecular weight is 901 g/mol. The van der Waals surface area contributed by atoms with Gasteiger partial charge >= 0.3 is 0 Å². The van der Waals surface area contributed by atoms with Gasteiger partial charge in [-0.25, -0.2) is 0 Å². The second-order valence-electron chi connectivity index (χ2n) is 18.6. The fraction of sp³-hybridized carbons (Fsp3) is 0.296. The number of ether oxygens (including phenoxy) is 2. The maximum atomic E-state index is 13.8. The Morgan fingerprint density at radius 1 is 0.591 bits per heavy atom. The van der Waals surface area contributed by atoms with Crippen LogP contribution in [0.3, 0.4) is 0 Å². The van der Waals surface area contributed by atoms with Crippen LogP contribution in [0, 0.1) is 63.1 Å². The molecule has 0 N–H and O–H groups in total. The Bertz CT molecular complexity index is 3280. The number of Topliss-reactive ketones (excluding diaryl/α,β-unsaturated/α-hetero) is 4. The number of thiophene rings is 2. The van der Waals surface area contributed by atoms with Gasteiger partial charge in [0.15, 0.2) is 23.1 Å². The molecule has 12 rings (SSSR count). The molecule has 3 unspecified atom stereocenters. The predicted molar refractivity (Wildman–Crippen MR) is 244 cm³/mol. The molecule has 3 atom stereocenters. The molecule has 0 bridgehead atoms. The van der Waals surface area contributed by atoms with Gasteiger partial charge in [-0.3, -0.25) is 19.2 Å². The number of nitrogens with zero attached hydrogens (tertiary/aromatic N) is 4. The number of nitriles is 4. The fourth-order valence-corrected chi connectivity index (χ4v) is 14.2. The number of carbonyl (C=O) groups excluding carboxylic acids is 4. The number of ketones is 4. The van der Waals surface area contributed by atoms with Gasteiger partial charge in [-0.05, 0) is 112 Å². The van der Waals surface area contributed by atoms with Crippen molar-refractivity contribution in [3.63, 3.8) is 0 Å². The van der Waals surface area contributed by atoms with E-state index in [0.717, 1.165) is 118 Å². The molecule has 0 amide bonds. The molecule has 7 aliphatic carbocycles. The Hall–Kier alpha value is -7.22. The normalized spacial score (nSPS) is 25.4. The van der Waals surface area contributed by atoms with Gasteiger partial charge in [0.1, 0.15) is 40.9 Å². The summed E-state index contributed by atoms with van der Waals surface area (Å²) < 4.78 is 14.4. The van der Waals surface area contributed by atoms with E-state index in [2.05, 4.69) is 36.4 Å². The lowest BCUT2D eigenvalue weighted by Crippen LogP contribution is -2.37. The molecule has 2 aliphatic heterocycles. The standard InChI is InChI=1S/C54H36N4O6S2/c55-23-29-13-35-36(14-30(29)24-56)48(60)41(47(35)59)19-33-21-43-51(65-33)39-11-28-18-46-40(12-27(28)17-45(39)63-53(43)7-3-1-4-8-53)52-44(54(64-46)9-5-2-6-10-54)22-34(66-52)20-42-49(61)37-15-31(25-57)32(26-58)16-38(37)50(42)62/h11-15,17-22,27-28,38H,1-10,16H2/b42-20-. The highest BCUT2D eigenvalue weighted by Crippen LogP contribution is 2.59. The summed E-state index contributed by atoms with van der Waals surface area (Å²) in [6.45, 7) is 0. The van der Waals surface area contributed by atoms with Gasteiger partial charge < -0.3 is 9.47 Å². The highest BCUT2D eigenvalue weighted by atomic mass is 32.1. The largest absolute Gasteiger partial charge is 0.482 e. The van der Waals surface area contributed by atoms with E-state index in [1.54, 1.807) is 34.8 Å². The van der Waals surface area contributed by atoms with Crippen LogP contribution in [-0.2, 0) is 30.3 Å². The van der Waals surface area contributed by atoms with Crippen LogP contribution in [0.25, 0.3) is 23.3 Å². The number of hydrogen-bond acceptors (Lipinski definition) is 12. The zero-order chi connectivity index (χ0) is 45.2. The minimum Gasteiger partial charge on any atom is -0.482 e. The van der Waals surface area contributed by atoms with E-state index in [9.17, 15) is 40.2 Å². The molecule has 12 heteroatoms. The van der Waals surface area contributed by atoms with Gasteiger partial charge in [0.25, 0.3) is 0 Å². The van der Waals surface area contributed by atoms with Crippen molar-refractivity contribution in [3.8, 4) is 24.3 Å². The zero-order valence-electron chi connectivity index (χ0n) is 35.4. The smallest absolute Gasteiger partial charge is 0.197 e. The van der Waals surface area contributed by atoms with E-state index >= 15 is 0 Å². The zero-order valence-corrected chi connectivity index (χ0v) is 37.0. The molecule has 10 nitrogen and oxygen atoms in total. The predicted octanol–water partition coefficient (Wildman–Crippen LogP) is 10.7. The van der Waals surface area contributed by atoms with E-state index in [1.165, 1.54) is 18.2 Å². The Balaban J connectivity index is 0.918. The number of fused-ring (bicyclic) bond motifs is 11. The van der Waals surface area contributed by atoms with Crippen molar-refractivity contribution in [1.29, 1.82) is 21.0 Å². The van der Waals surface area contributed by atoms with Gasteiger partial charge in [-0.15, -0.1) is 22.7 Å². The van der Waals surface area contributed by atoms with Crippen LogP contribution in [0.15, 0.2) is 94.0 Å². The first kappa shape index (κ1) is 40.3. The Labute approximate surface area is 387 Å². The van der Waals surface area contributed by atoms with Crippen LogP contribution < -0.4 is 0 Å². The van der Waals surface area contributed by atoms with Crippen molar-refractivity contribution >= 4 is 69.1 Å². The van der Waals surface area contributed by atoms with E-state index in [-0.39, 0.29) is 74.2 Å². The lowest BCUT2D eigenvalue weighted by atomic mass is 9.72. The van der Waals surface area contributed by atoms with Gasteiger partial charge in [-0.2, -0.15) is 21.0 Å². The van der Waals surface area contributed by atoms with Crippen LogP contribution in [-0.4, -0.2) is 23.1 Å². The third-order valence-electron chi connectivity index (χ3n) is 15.0. The van der Waals surface area contributed by atoms with E-state index in [0.29, 0.717) is 0 Å². The first-order valence-corrected chi connectivity index (χ1v) is 24.1. The number of rotatable bonds is 2. The highest BCUT2D eigenvalue weighted by molar-refractivity contribution is 7.14. The Kier molecular flexibility index (Phi) is 8.94. The summed E-state index contributed by atoms with van der Waals surface area (Å²) in [5.74, 6) is -0.863. The first-order valence-electron chi connectivity index (χ1n) is 22.5. The lowest BCUT2D eigenvalue weighted by Gasteiger charge is -2.46. The third kappa shape index (κ3) is 5.78. The molecule has 4 heterocycles. The molecule has 3 aromatic rings. The lowest BCUT2D eigenvalue weighted by molar-refractivity contribution is -0.117. The van der Waals surface area contributed by atoms with Crippen molar-refractivity contribution in [2.24, 2.45) is 17.8 Å². The molecule has 66 heavy (non-hydrogen) atoms. The molecular formula is C54H36N4O6S2. The van der Waals surface area contributed by atoms with E-state index in [4.69, 9.17) is 9.47 Å². The third-order valence-corrected chi connectivity index (χ3v) is 17.2. The summed E-state index contributed by atoms with van der Waals surface area (Å²) in [5, 5.41) is 38.5. The number of hydrogen-bond donors (Lipinski definition) is 0. The van der Waals surface area contributed by atoms with Crippen LogP contribution >= 0.6 is 22.7 Å². The Morgan fingerprint density at radius 3 is 1.56 bits per heavy atom. The Morgan fingerprint density at radius 2 is 1.09 bits per heavy atom. The van der Waals surface area contributed by atoms with Crippen molar-refractivity contribution in [2.45, 2.75) is 81.8 Å². The molecule has 1 aromatic carbocycles. The van der Waals surface area contributed by atoms with Crippen LogP contribution in [0.1, 0.15) is 133 Å². The molecule has 0 saturated heterocycles. The van der Waals surface area contributed by atoms with Gasteiger partial charge in [0.2, 0.25) is 0 Å². The summed E-state index contributed by atoms with van der Waals surface area (Å²) in [4.78, 5) is 58.6. The number of benzene rings is 1. The maximum Gasteiger partial charge on any atom is 0.197 e. The minimum atomic E-state index is -0.760. The van der Waals surface area contributed by atoms with Gasteiger partial charge in [0.05, 0.1) is 39.8 Å². The molecule has 2 aromatic heterocycles. The quantitative estimate of drug-likeness (QED) is 0.177. The molecule has 3 fully saturated rings. The summed E-state index contributed by atoms with van der Waals surface area (Å²) in [5.41, 5.74) is 4.12. The monoisotopic (exact) mass is 900 g/mol. The average Bonchev–Trinajstić information content (AvgIpc) is 4.09. The summed E-state index contributed by atoms with van der Waals surface area (Å²) >= 11 is 3.10. The molecule has 0 radical (unpaired) electrons.